The minimum absolute atomic E-state index is 0.344. The molecule has 0 aliphatic carbocycles. The van der Waals surface area contributed by atoms with Gasteiger partial charge in [-0.2, -0.15) is 0 Å². The van der Waals surface area contributed by atoms with Gasteiger partial charge < -0.3 is 9.84 Å². The summed E-state index contributed by atoms with van der Waals surface area (Å²) in [5.74, 6) is 0.445. The van der Waals surface area contributed by atoms with Crippen molar-refractivity contribution in [3.8, 4) is 5.75 Å². The molecule has 0 amide bonds. The van der Waals surface area contributed by atoms with Crippen molar-refractivity contribution >= 4 is 0 Å². The SMILES string of the molecule is CCCCCCCCCc1cccc(O)c1CC1CO1. The summed E-state index contributed by atoms with van der Waals surface area (Å²) >= 11 is 0. The van der Waals surface area contributed by atoms with Gasteiger partial charge in [0, 0.05) is 6.42 Å². The Balaban J connectivity index is 1.72. The maximum absolute atomic E-state index is 10.0. The fourth-order valence-electron chi connectivity index (χ4n) is 2.78. The van der Waals surface area contributed by atoms with E-state index in [2.05, 4.69) is 13.0 Å². The molecule has 1 atom stereocenters. The topological polar surface area (TPSA) is 32.8 Å². The van der Waals surface area contributed by atoms with E-state index in [1.807, 2.05) is 6.07 Å². The molecule has 1 aromatic carbocycles. The minimum Gasteiger partial charge on any atom is -0.508 e. The number of phenolic OH excluding ortho intramolecular Hbond substituents is 1. The van der Waals surface area contributed by atoms with Crippen molar-refractivity contribution in [2.45, 2.75) is 70.8 Å². The largest absolute Gasteiger partial charge is 0.508 e. The second-order valence-corrected chi connectivity index (χ2v) is 5.95. The molecule has 0 spiro atoms. The summed E-state index contributed by atoms with van der Waals surface area (Å²) < 4.78 is 5.29. The lowest BCUT2D eigenvalue weighted by Crippen LogP contribution is -2.00. The molecule has 1 saturated heterocycles. The summed E-state index contributed by atoms with van der Waals surface area (Å²) in [6, 6.07) is 5.92. The van der Waals surface area contributed by atoms with Crippen LogP contribution in [-0.4, -0.2) is 17.8 Å². The average molecular weight is 276 g/mol. The van der Waals surface area contributed by atoms with Crippen LogP contribution >= 0.6 is 0 Å². The second-order valence-electron chi connectivity index (χ2n) is 5.95. The standard InChI is InChI=1S/C18H28O2/c1-2-3-4-5-6-7-8-10-15-11-9-12-18(19)17(15)13-16-14-20-16/h9,11-12,16,19H,2-8,10,13-14H2,1H3. The van der Waals surface area contributed by atoms with Crippen LogP contribution in [0, 0.1) is 0 Å². The molecule has 112 valence electrons. The van der Waals surface area contributed by atoms with Crippen molar-refractivity contribution in [1.82, 2.24) is 0 Å². The quantitative estimate of drug-likeness (QED) is 0.499. The van der Waals surface area contributed by atoms with Crippen molar-refractivity contribution < 1.29 is 9.84 Å². The third-order valence-corrected chi connectivity index (χ3v) is 4.13. The third kappa shape index (κ3) is 5.16. The molecule has 1 unspecified atom stereocenters. The van der Waals surface area contributed by atoms with Gasteiger partial charge in [-0.3, -0.25) is 0 Å². The first-order valence-corrected chi connectivity index (χ1v) is 8.22. The number of hydrogen-bond donors (Lipinski definition) is 1. The summed E-state index contributed by atoms with van der Waals surface area (Å²) in [7, 11) is 0. The van der Waals surface area contributed by atoms with E-state index in [0.717, 1.165) is 25.0 Å². The lowest BCUT2D eigenvalue weighted by Gasteiger charge is -2.10. The summed E-state index contributed by atoms with van der Waals surface area (Å²) in [6.07, 6.45) is 11.6. The molecule has 20 heavy (non-hydrogen) atoms. The first-order valence-electron chi connectivity index (χ1n) is 8.22. The molecule has 1 heterocycles. The van der Waals surface area contributed by atoms with Crippen LogP contribution in [0.5, 0.6) is 5.75 Å². The zero-order valence-electron chi connectivity index (χ0n) is 12.7. The molecule has 0 aromatic heterocycles. The lowest BCUT2D eigenvalue weighted by atomic mass is 9.97. The smallest absolute Gasteiger partial charge is 0.119 e. The van der Waals surface area contributed by atoms with Gasteiger partial charge in [-0.25, -0.2) is 0 Å². The molecule has 1 aliphatic rings. The van der Waals surface area contributed by atoms with Gasteiger partial charge >= 0.3 is 0 Å². The van der Waals surface area contributed by atoms with Crippen LogP contribution < -0.4 is 0 Å². The molecule has 2 heteroatoms. The van der Waals surface area contributed by atoms with E-state index in [-0.39, 0.29) is 0 Å². The highest BCUT2D eigenvalue weighted by Gasteiger charge is 2.25. The van der Waals surface area contributed by atoms with Crippen LogP contribution in [0.3, 0.4) is 0 Å². The predicted octanol–water partition coefficient (Wildman–Crippen LogP) is 4.63. The van der Waals surface area contributed by atoms with E-state index in [1.165, 1.54) is 50.5 Å². The number of ether oxygens (including phenoxy) is 1. The van der Waals surface area contributed by atoms with Crippen LogP contribution in [0.4, 0.5) is 0 Å². The lowest BCUT2D eigenvalue weighted by molar-refractivity contribution is 0.401. The summed E-state index contributed by atoms with van der Waals surface area (Å²) in [6.45, 7) is 3.11. The minimum atomic E-state index is 0.344. The highest BCUT2D eigenvalue weighted by Crippen LogP contribution is 2.28. The van der Waals surface area contributed by atoms with Crippen molar-refractivity contribution in [1.29, 1.82) is 0 Å². The van der Waals surface area contributed by atoms with Crippen LogP contribution in [0.25, 0.3) is 0 Å². The number of benzene rings is 1. The van der Waals surface area contributed by atoms with Crippen LogP contribution in [0.15, 0.2) is 18.2 Å². The molecule has 2 nitrogen and oxygen atoms in total. The maximum atomic E-state index is 10.0. The van der Waals surface area contributed by atoms with Gasteiger partial charge in [0.05, 0.1) is 12.7 Å². The molecule has 0 bridgehead atoms. The van der Waals surface area contributed by atoms with Gasteiger partial charge in [0.15, 0.2) is 0 Å². The van der Waals surface area contributed by atoms with E-state index in [9.17, 15) is 5.11 Å². The second kappa shape index (κ2) is 8.31. The molecule has 0 radical (unpaired) electrons. The van der Waals surface area contributed by atoms with Crippen molar-refractivity contribution in [2.75, 3.05) is 6.61 Å². The van der Waals surface area contributed by atoms with E-state index in [0.29, 0.717) is 11.9 Å². The zero-order valence-corrected chi connectivity index (χ0v) is 12.7. The molecule has 1 N–H and O–H groups in total. The molecular formula is C18H28O2. The fraction of sp³-hybridized carbons (Fsp3) is 0.667. The number of epoxide rings is 1. The van der Waals surface area contributed by atoms with Gasteiger partial charge in [-0.05, 0) is 30.0 Å². The van der Waals surface area contributed by atoms with E-state index in [4.69, 9.17) is 4.74 Å². The first kappa shape index (κ1) is 15.4. The summed E-state index contributed by atoms with van der Waals surface area (Å²) in [5, 5.41) is 10.0. The molecule has 2 rings (SSSR count). The Hall–Kier alpha value is -1.02. The van der Waals surface area contributed by atoms with Gasteiger partial charge in [0.25, 0.3) is 0 Å². The molecule has 0 saturated carbocycles. The molecule has 1 aromatic rings. The highest BCUT2D eigenvalue weighted by atomic mass is 16.6. The fourth-order valence-corrected chi connectivity index (χ4v) is 2.78. The Morgan fingerprint density at radius 2 is 1.80 bits per heavy atom. The van der Waals surface area contributed by atoms with E-state index >= 15 is 0 Å². The number of phenols is 1. The van der Waals surface area contributed by atoms with E-state index in [1.54, 1.807) is 6.07 Å². The Kier molecular flexibility index (Phi) is 6.38. The third-order valence-electron chi connectivity index (χ3n) is 4.13. The van der Waals surface area contributed by atoms with Crippen molar-refractivity contribution in [3.05, 3.63) is 29.3 Å². The van der Waals surface area contributed by atoms with Crippen LogP contribution in [0.2, 0.25) is 0 Å². The number of rotatable bonds is 10. The number of unbranched alkanes of at least 4 members (excludes halogenated alkanes) is 6. The number of aryl methyl sites for hydroxylation is 1. The zero-order chi connectivity index (χ0) is 14.2. The normalized spacial score (nSPS) is 17.4. The Morgan fingerprint density at radius 1 is 1.10 bits per heavy atom. The van der Waals surface area contributed by atoms with Gasteiger partial charge in [-0.1, -0.05) is 57.6 Å². The monoisotopic (exact) mass is 276 g/mol. The Bertz CT molecular complexity index is 396. The van der Waals surface area contributed by atoms with Gasteiger partial charge in [0.2, 0.25) is 0 Å². The molecule has 1 fully saturated rings. The Labute approximate surface area is 123 Å². The van der Waals surface area contributed by atoms with Crippen LogP contribution in [0.1, 0.15) is 63.0 Å². The average Bonchev–Trinajstić information content (AvgIpc) is 3.25. The highest BCUT2D eigenvalue weighted by molar-refractivity contribution is 5.40. The number of aromatic hydroxyl groups is 1. The Morgan fingerprint density at radius 3 is 2.50 bits per heavy atom. The van der Waals surface area contributed by atoms with E-state index < -0.39 is 0 Å². The number of hydrogen-bond acceptors (Lipinski definition) is 2. The molecule has 1 aliphatic heterocycles. The van der Waals surface area contributed by atoms with Crippen molar-refractivity contribution in [3.63, 3.8) is 0 Å². The summed E-state index contributed by atoms with van der Waals surface area (Å²) in [4.78, 5) is 0. The molecular weight excluding hydrogens is 248 g/mol. The van der Waals surface area contributed by atoms with Crippen LogP contribution in [-0.2, 0) is 17.6 Å². The predicted molar refractivity (Wildman–Crippen MR) is 83.2 cm³/mol. The maximum Gasteiger partial charge on any atom is 0.119 e. The van der Waals surface area contributed by atoms with Gasteiger partial charge in [0.1, 0.15) is 5.75 Å². The first-order chi connectivity index (χ1) is 9.81. The van der Waals surface area contributed by atoms with Crippen molar-refractivity contribution in [2.24, 2.45) is 0 Å². The summed E-state index contributed by atoms with van der Waals surface area (Å²) in [5.41, 5.74) is 2.43. The van der Waals surface area contributed by atoms with Gasteiger partial charge in [-0.15, -0.1) is 0 Å².